The van der Waals surface area contributed by atoms with Crippen LogP contribution in [0.3, 0.4) is 0 Å². The Morgan fingerprint density at radius 2 is 2.28 bits per heavy atom. The van der Waals surface area contributed by atoms with Crippen LogP contribution < -0.4 is 10.2 Å². The van der Waals surface area contributed by atoms with Crippen molar-refractivity contribution in [3.05, 3.63) is 36.0 Å². The van der Waals surface area contributed by atoms with E-state index in [9.17, 15) is 9.59 Å². The first kappa shape index (κ1) is 22.3. The average molecular weight is 456 g/mol. The number of nitriles is 1. The van der Waals surface area contributed by atoms with Gasteiger partial charge in [-0.05, 0) is 24.3 Å². The van der Waals surface area contributed by atoms with Gasteiger partial charge in [-0.25, -0.2) is 0 Å². The Kier molecular flexibility index (Phi) is 7.09. The molecule has 0 radical (unpaired) electrons. The summed E-state index contributed by atoms with van der Waals surface area (Å²) in [7, 11) is 1.66. The van der Waals surface area contributed by atoms with E-state index in [-0.39, 0.29) is 24.5 Å². The van der Waals surface area contributed by atoms with Crippen LogP contribution in [-0.2, 0) is 14.3 Å². The van der Waals surface area contributed by atoms with Gasteiger partial charge in [0, 0.05) is 43.2 Å². The lowest BCUT2D eigenvalue weighted by molar-refractivity contribution is -0.129. The maximum absolute atomic E-state index is 12.9. The second-order valence-corrected chi connectivity index (χ2v) is 8.64. The Morgan fingerprint density at radius 3 is 3.09 bits per heavy atom. The van der Waals surface area contributed by atoms with Crippen LogP contribution in [0.2, 0.25) is 0 Å². The highest BCUT2D eigenvalue weighted by molar-refractivity contribution is 7.99. The number of ether oxygens (including phenoxy) is 2. The molecule has 10 heteroatoms. The fourth-order valence-corrected chi connectivity index (χ4v) is 5.02. The summed E-state index contributed by atoms with van der Waals surface area (Å²) in [5.41, 5.74) is 2.14. The summed E-state index contributed by atoms with van der Waals surface area (Å²) in [6, 6.07) is 9.18. The molecule has 9 nitrogen and oxygen atoms in total. The second kappa shape index (κ2) is 10.2. The Labute approximate surface area is 190 Å². The predicted molar refractivity (Wildman–Crippen MR) is 121 cm³/mol. The highest BCUT2D eigenvalue weighted by Gasteiger charge is 2.29. The first-order valence-electron chi connectivity index (χ1n) is 10.4. The molecule has 2 fully saturated rings. The number of hydrogen-bond donors (Lipinski definition) is 1. The largest absolute Gasteiger partial charge is 0.382 e. The molecule has 1 N–H and O–H groups in total. The van der Waals surface area contributed by atoms with Crippen molar-refractivity contribution in [2.24, 2.45) is 0 Å². The number of pyridine rings is 1. The molecule has 1 aromatic carbocycles. The number of nitrogens with zero attached hydrogens (tertiary/aromatic N) is 4. The van der Waals surface area contributed by atoms with Crippen molar-refractivity contribution in [2.45, 2.75) is 12.1 Å². The predicted octanol–water partition coefficient (Wildman–Crippen LogP) is 1.24. The fourth-order valence-electron chi connectivity index (χ4n) is 3.92. The molecule has 2 aliphatic heterocycles. The minimum Gasteiger partial charge on any atom is -0.382 e. The van der Waals surface area contributed by atoms with Crippen molar-refractivity contribution in [3.63, 3.8) is 0 Å². The summed E-state index contributed by atoms with van der Waals surface area (Å²) >= 11 is 1.53. The number of carbonyl (C=O) groups excluding carboxylic acids is 2. The number of aromatic nitrogens is 1. The molecule has 0 spiro atoms. The minimum absolute atomic E-state index is 0.00638. The first-order chi connectivity index (χ1) is 15.6. The molecule has 0 saturated carbocycles. The van der Waals surface area contributed by atoms with Gasteiger partial charge < -0.3 is 24.6 Å². The van der Waals surface area contributed by atoms with Gasteiger partial charge in [-0.3, -0.25) is 14.6 Å². The van der Waals surface area contributed by atoms with Gasteiger partial charge in [0.25, 0.3) is 5.91 Å². The molecule has 2 saturated heterocycles. The molecule has 0 unspecified atom stereocenters. The fraction of sp³-hybridized carbons (Fsp3) is 0.455. The average Bonchev–Trinajstić information content (AvgIpc) is 3.31. The summed E-state index contributed by atoms with van der Waals surface area (Å²) in [5, 5.41) is 12.6. The van der Waals surface area contributed by atoms with Crippen molar-refractivity contribution in [1.82, 2.24) is 15.2 Å². The Bertz CT molecular complexity index is 1040. The summed E-state index contributed by atoms with van der Waals surface area (Å²) in [6.07, 6.45) is 1.58. The third kappa shape index (κ3) is 4.80. The van der Waals surface area contributed by atoms with Crippen LogP contribution in [0.4, 0.5) is 5.69 Å². The number of morpholine rings is 1. The van der Waals surface area contributed by atoms with Gasteiger partial charge in [-0.2, -0.15) is 5.26 Å². The van der Waals surface area contributed by atoms with E-state index >= 15 is 0 Å². The highest BCUT2D eigenvalue weighted by Crippen LogP contribution is 2.25. The first-order valence-corrected chi connectivity index (χ1v) is 11.6. The number of thioether (sulfide) groups is 1. The zero-order valence-corrected chi connectivity index (χ0v) is 18.6. The minimum atomic E-state index is -0.441. The van der Waals surface area contributed by atoms with Crippen molar-refractivity contribution < 1.29 is 19.1 Å². The van der Waals surface area contributed by atoms with Gasteiger partial charge in [0.15, 0.2) is 0 Å². The zero-order chi connectivity index (χ0) is 22.5. The molecule has 32 heavy (non-hydrogen) atoms. The maximum Gasteiger partial charge on any atom is 0.252 e. The zero-order valence-electron chi connectivity index (χ0n) is 17.8. The summed E-state index contributed by atoms with van der Waals surface area (Å²) < 4.78 is 10.9. The smallest absolute Gasteiger partial charge is 0.252 e. The summed E-state index contributed by atoms with van der Waals surface area (Å²) in [5.74, 6) is 0.465. The molecule has 2 aromatic rings. The van der Waals surface area contributed by atoms with Gasteiger partial charge >= 0.3 is 0 Å². The number of nitrogens with one attached hydrogen (secondary N) is 1. The van der Waals surface area contributed by atoms with Gasteiger partial charge in [-0.1, -0.05) is 0 Å². The lowest BCUT2D eigenvalue weighted by atomic mass is 10.1. The molecule has 0 bridgehead atoms. The molecule has 1 aromatic heterocycles. The van der Waals surface area contributed by atoms with Gasteiger partial charge in [-0.15, -0.1) is 11.8 Å². The molecule has 0 aliphatic carbocycles. The van der Waals surface area contributed by atoms with E-state index in [1.54, 1.807) is 19.4 Å². The molecule has 3 heterocycles. The Morgan fingerprint density at radius 1 is 1.41 bits per heavy atom. The summed E-state index contributed by atoms with van der Waals surface area (Å²) in [4.78, 5) is 33.5. The molecule has 2 atom stereocenters. The second-order valence-electron chi connectivity index (χ2n) is 7.65. The van der Waals surface area contributed by atoms with Crippen LogP contribution in [0, 0.1) is 11.3 Å². The lowest BCUT2D eigenvalue weighted by Crippen LogP contribution is -2.44. The highest BCUT2D eigenvalue weighted by atomic mass is 32.2. The van der Waals surface area contributed by atoms with Crippen molar-refractivity contribution >= 4 is 40.2 Å². The van der Waals surface area contributed by atoms with Gasteiger partial charge in [0.05, 0.1) is 48.9 Å². The number of benzene rings is 1. The van der Waals surface area contributed by atoms with Crippen LogP contribution in [0.25, 0.3) is 10.9 Å². The van der Waals surface area contributed by atoms with Gasteiger partial charge in [0.2, 0.25) is 5.91 Å². The van der Waals surface area contributed by atoms with E-state index in [4.69, 9.17) is 14.7 Å². The number of hydrogen-bond acceptors (Lipinski definition) is 8. The number of rotatable bonds is 6. The number of carbonyl (C=O) groups is 2. The quantitative estimate of drug-likeness (QED) is 0.693. The monoisotopic (exact) mass is 455 g/mol. The number of fused-ring (bicyclic) bond motifs is 1. The van der Waals surface area contributed by atoms with Crippen LogP contribution in [0.15, 0.2) is 30.5 Å². The lowest BCUT2D eigenvalue weighted by Gasteiger charge is -2.34. The van der Waals surface area contributed by atoms with E-state index < -0.39 is 6.04 Å². The molecule has 4 rings (SSSR count). The van der Waals surface area contributed by atoms with E-state index in [1.807, 2.05) is 18.2 Å². The van der Waals surface area contributed by atoms with E-state index in [0.29, 0.717) is 42.5 Å². The van der Waals surface area contributed by atoms with E-state index in [1.165, 1.54) is 16.7 Å². The third-order valence-electron chi connectivity index (χ3n) is 5.58. The van der Waals surface area contributed by atoms with Crippen LogP contribution in [-0.4, -0.2) is 85.4 Å². The van der Waals surface area contributed by atoms with Crippen molar-refractivity contribution in [1.29, 1.82) is 5.26 Å². The SMILES string of the molecule is COC[C@@H]1CN(c2ccc3nccc(C(=O)NCC(=O)N4CSC[C@H]4C#N)c3c2)CCO1. The molecular weight excluding hydrogens is 430 g/mol. The Hall–Kier alpha value is -2.87. The van der Waals surface area contributed by atoms with E-state index in [0.717, 1.165) is 17.6 Å². The topological polar surface area (TPSA) is 108 Å². The van der Waals surface area contributed by atoms with Crippen molar-refractivity contribution in [2.75, 3.05) is 56.5 Å². The third-order valence-corrected chi connectivity index (χ3v) is 6.59. The van der Waals surface area contributed by atoms with Crippen molar-refractivity contribution in [3.8, 4) is 6.07 Å². The van der Waals surface area contributed by atoms with Gasteiger partial charge in [0.1, 0.15) is 6.04 Å². The van der Waals surface area contributed by atoms with Crippen LogP contribution in [0.1, 0.15) is 10.4 Å². The molecular formula is C22H25N5O4S. The summed E-state index contributed by atoms with van der Waals surface area (Å²) in [6.45, 7) is 2.42. The number of anilines is 1. The standard InChI is InChI=1S/C22H25N5O4S/c1-30-12-17-11-26(6-7-31-17)15-2-3-20-19(8-15)18(4-5-24-20)22(29)25-10-21(28)27-14-32-13-16(27)9-23/h2-5,8,16-17H,6-7,10-14H2,1H3,(H,25,29)/t16-,17+/m1/s1. The maximum atomic E-state index is 12.9. The number of amides is 2. The van der Waals surface area contributed by atoms with Crippen LogP contribution in [0.5, 0.6) is 0 Å². The molecule has 168 valence electrons. The Balaban J connectivity index is 1.50. The normalized spacial score (nSPS) is 20.9. The van der Waals surface area contributed by atoms with Crippen LogP contribution >= 0.6 is 11.8 Å². The van der Waals surface area contributed by atoms with E-state index in [2.05, 4.69) is 21.3 Å². The molecule has 2 amide bonds. The number of methoxy groups -OCH3 is 1. The molecule has 2 aliphatic rings.